The summed E-state index contributed by atoms with van der Waals surface area (Å²) in [5, 5.41) is 0. The van der Waals surface area contributed by atoms with E-state index in [1.165, 1.54) is 22.3 Å². The number of ketones is 1. The van der Waals surface area contributed by atoms with Crippen LogP contribution < -0.4 is 0 Å². The molecule has 2 aliphatic carbocycles. The Morgan fingerprint density at radius 2 is 1.90 bits per heavy atom. The Labute approximate surface area is 186 Å². The molecule has 0 N–H and O–H groups in total. The van der Waals surface area contributed by atoms with Crippen LogP contribution in [0.15, 0.2) is 94.2 Å². The highest BCUT2D eigenvalue weighted by Gasteiger charge is 2.24. The average molecular weight is 413 g/mol. The van der Waals surface area contributed by atoms with Crippen molar-refractivity contribution < 1.29 is 9.21 Å². The Kier molecular flexibility index (Phi) is 6.86. The first-order valence-corrected chi connectivity index (χ1v) is 11.5. The summed E-state index contributed by atoms with van der Waals surface area (Å²) in [5.41, 5.74) is 6.69. The second kappa shape index (κ2) is 9.96. The van der Waals surface area contributed by atoms with Gasteiger partial charge in [0.05, 0.1) is 6.26 Å². The van der Waals surface area contributed by atoms with Crippen LogP contribution in [0.25, 0.3) is 0 Å². The van der Waals surface area contributed by atoms with Crippen molar-refractivity contribution in [3.05, 3.63) is 107 Å². The lowest BCUT2D eigenvalue weighted by molar-refractivity contribution is -0.118. The Morgan fingerprint density at radius 1 is 1.10 bits per heavy atom. The SMILES string of the molecule is CCC1C(CCC(=O)Cc2ccc(CC(C)c3ccco3)cc2)=CC=C1C1=CC=CC1. The largest absolute Gasteiger partial charge is 0.469 e. The van der Waals surface area contributed by atoms with Crippen molar-refractivity contribution in [2.24, 2.45) is 5.92 Å². The van der Waals surface area contributed by atoms with Crippen molar-refractivity contribution in [2.75, 3.05) is 0 Å². The number of carbonyl (C=O) groups is 1. The molecular weight excluding hydrogens is 380 g/mol. The van der Waals surface area contributed by atoms with Gasteiger partial charge >= 0.3 is 0 Å². The predicted molar refractivity (Wildman–Crippen MR) is 127 cm³/mol. The summed E-state index contributed by atoms with van der Waals surface area (Å²) >= 11 is 0. The van der Waals surface area contributed by atoms with Gasteiger partial charge in [0.1, 0.15) is 11.5 Å². The molecule has 0 saturated heterocycles. The number of allylic oxidation sites excluding steroid dienone is 8. The summed E-state index contributed by atoms with van der Waals surface area (Å²) in [6, 6.07) is 12.5. The Morgan fingerprint density at radius 3 is 2.58 bits per heavy atom. The molecule has 1 aromatic heterocycles. The van der Waals surface area contributed by atoms with Crippen LogP contribution in [-0.4, -0.2) is 5.78 Å². The lowest BCUT2D eigenvalue weighted by Gasteiger charge is -2.19. The van der Waals surface area contributed by atoms with Gasteiger partial charge in [-0.25, -0.2) is 0 Å². The maximum absolute atomic E-state index is 12.6. The smallest absolute Gasteiger partial charge is 0.137 e. The quantitative estimate of drug-likeness (QED) is 0.410. The van der Waals surface area contributed by atoms with E-state index in [9.17, 15) is 4.79 Å². The lowest BCUT2D eigenvalue weighted by atomic mass is 9.85. The predicted octanol–water partition coefficient (Wildman–Crippen LogP) is 7.30. The summed E-state index contributed by atoms with van der Waals surface area (Å²) in [7, 11) is 0. The summed E-state index contributed by atoms with van der Waals surface area (Å²) in [4.78, 5) is 12.6. The zero-order valence-corrected chi connectivity index (χ0v) is 18.6. The van der Waals surface area contributed by atoms with E-state index in [0.29, 0.717) is 30.5 Å². The number of Topliss-reactive ketones (excluding diaryl/α,β-unsaturated/α-hetero) is 1. The third-order valence-corrected chi connectivity index (χ3v) is 6.54. The van der Waals surface area contributed by atoms with Crippen LogP contribution in [0.1, 0.15) is 62.3 Å². The second-order valence-electron chi connectivity index (χ2n) is 8.80. The van der Waals surface area contributed by atoms with Crippen molar-refractivity contribution in [1.82, 2.24) is 0 Å². The maximum Gasteiger partial charge on any atom is 0.137 e. The molecule has 0 bridgehead atoms. The minimum absolute atomic E-state index is 0.322. The number of furan rings is 1. The summed E-state index contributed by atoms with van der Waals surface area (Å²) in [6.45, 7) is 4.42. The van der Waals surface area contributed by atoms with Crippen LogP contribution in [0.4, 0.5) is 0 Å². The normalized spacial score (nSPS) is 18.6. The molecule has 0 saturated carbocycles. The van der Waals surface area contributed by atoms with E-state index in [0.717, 1.165) is 37.0 Å². The zero-order valence-electron chi connectivity index (χ0n) is 18.6. The van der Waals surface area contributed by atoms with Crippen LogP contribution in [0.3, 0.4) is 0 Å². The van der Waals surface area contributed by atoms with Gasteiger partial charge in [0.25, 0.3) is 0 Å². The molecule has 0 amide bonds. The van der Waals surface area contributed by atoms with E-state index >= 15 is 0 Å². The van der Waals surface area contributed by atoms with Gasteiger partial charge in [0.15, 0.2) is 0 Å². The van der Waals surface area contributed by atoms with Gasteiger partial charge in [-0.2, -0.15) is 0 Å². The van der Waals surface area contributed by atoms with Crippen LogP contribution in [0.2, 0.25) is 0 Å². The van der Waals surface area contributed by atoms with Crippen LogP contribution in [0.5, 0.6) is 0 Å². The summed E-state index contributed by atoms with van der Waals surface area (Å²) in [6.07, 6.45) is 17.9. The topological polar surface area (TPSA) is 30.2 Å². The first-order valence-electron chi connectivity index (χ1n) is 11.5. The molecule has 4 rings (SSSR count). The number of carbonyl (C=O) groups excluding carboxylic acids is 1. The minimum Gasteiger partial charge on any atom is -0.469 e. The Bertz CT molecular complexity index is 1010. The van der Waals surface area contributed by atoms with Crippen molar-refractivity contribution in [1.29, 1.82) is 0 Å². The molecule has 0 fully saturated rings. The van der Waals surface area contributed by atoms with Crippen LogP contribution in [-0.2, 0) is 17.6 Å². The number of rotatable bonds is 10. The molecule has 2 atom stereocenters. The van der Waals surface area contributed by atoms with Crippen molar-refractivity contribution >= 4 is 5.78 Å². The molecule has 2 aromatic rings. The molecule has 31 heavy (non-hydrogen) atoms. The van der Waals surface area contributed by atoms with Crippen molar-refractivity contribution in [3.63, 3.8) is 0 Å². The molecule has 0 radical (unpaired) electrons. The second-order valence-corrected chi connectivity index (χ2v) is 8.80. The lowest BCUT2D eigenvalue weighted by Crippen LogP contribution is -2.08. The van der Waals surface area contributed by atoms with Gasteiger partial charge in [0, 0.05) is 24.7 Å². The van der Waals surface area contributed by atoms with Crippen molar-refractivity contribution in [2.45, 2.75) is 58.3 Å². The van der Waals surface area contributed by atoms with Gasteiger partial charge < -0.3 is 4.42 Å². The van der Waals surface area contributed by atoms with E-state index in [1.54, 1.807) is 6.26 Å². The molecule has 2 aliphatic rings. The summed E-state index contributed by atoms with van der Waals surface area (Å²) < 4.78 is 5.50. The van der Waals surface area contributed by atoms with Gasteiger partial charge in [0.2, 0.25) is 0 Å². The van der Waals surface area contributed by atoms with Crippen LogP contribution in [0, 0.1) is 5.92 Å². The molecule has 160 valence electrons. The van der Waals surface area contributed by atoms with Crippen molar-refractivity contribution in [3.8, 4) is 0 Å². The zero-order chi connectivity index (χ0) is 21.6. The molecule has 2 unspecified atom stereocenters. The molecule has 1 aromatic carbocycles. The Balaban J connectivity index is 1.25. The molecule has 2 nitrogen and oxygen atoms in total. The fraction of sp³-hybridized carbons (Fsp3) is 0.345. The number of hydrogen-bond donors (Lipinski definition) is 0. The Hall–Kier alpha value is -2.87. The fourth-order valence-electron chi connectivity index (χ4n) is 4.78. The summed E-state index contributed by atoms with van der Waals surface area (Å²) in [5.74, 6) is 2.17. The molecule has 0 spiro atoms. The minimum atomic E-state index is 0.322. The van der Waals surface area contributed by atoms with E-state index < -0.39 is 0 Å². The molecule has 0 aliphatic heterocycles. The monoisotopic (exact) mass is 412 g/mol. The molecular formula is C29H32O2. The van der Waals surface area contributed by atoms with Gasteiger partial charge in [-0.3, -0.25) is 4.79 Å². The van der Waals surface area contributed by atoms with Gasteiger partial charge in [-0.1, -0.05) is 74.1 Å². The third kappa shape index (κ3) is 5.25. The van der Waals surface area contributed by atoms with E-state index in [4.69, 9.17) is 4.42 Å². The molecule has 2 heteroatoms. The standard InChI is InChI=1S/C29H32O2/c1-3-27-25(15-17-28(27)24-7-4-5-8-24)14-16-26(30)20-23-12-10-22(11-13-23)19-21(2)29-9-6-18-31-29/h4-7,9-13,15,17-18,21,27H,3,8,14,16,19-20H2,1-2H3. The highest BCUT2D eigenvalue weighted by Crippen LogP contribution is 2.38. The van der Waals surface area contributed by atoms with E-state index in [2.05, 4.69) is 68.5 Å². The molecule has 1 heterocycles. The highest BCUT2D eigenvalue weighted by atomic mass is 16.3. The highest BCUT2D eigenvalue weighted by molar-refractivity contribution is 5.81. The number of hydrogen-bond acceptors (Lipinski definition) is 2. The number of benzene rings is 1. The third-order valence-electron chi connectivity index (χ3n) is 6.54. The maximum atomic E-state index is 12.6. The average Bonchev–Trinajstić information content (AvgIpc) is 3.54. The fourth-order valence-corrected chi connectivity index (χ4v) is 4.78. The van der Waals surface area contributed by atoms with Crippen LogP contribution >= 0.6 is 0 Å². The van der Waals surface area contributed by atoms with Gasteiger partial charge in [-0.15, -0.1) is 0 Å². The van der Waals surface area contributed by atoms with E-state index in [-0.39, 0.29) is 0 Å². The van der Waals surface area contributed by atoms with E-state index in [1.807, 2.05) is 12.1 Å². The first-order chi connectivity index (χ1) is 15.1. The van der Waals surface area contributed by atoms with Gasteiger partial charge in [-0.05, 0) is 60.1 Å². The first kappa shape index (κ1) is 21.4.